The SMILES string of the molecule is CNc1ncc([N+](=O)[O-])c(Oc2ccc(Cl)c(C)c2)n1. The number of halogens is 1. The summed E-state index contributed by atoms with van der Waals surface area (Å²) in [4.78, 5) is 18.1. The van der Waals surface area contributed by atoms with E-state index in [2.05, 4.69) is 15.3 Å². The molecule has 0 radical (unpaired) electrons. The van der Waals surface area contributed by atoms with Crippen LogP contribution in [-0.4, -0.2) is 21.9 Å². The zero-order valence-electron chi connectivity index (χ0n) is 10.8. The molecular weight excluding hydrogens is 284 g/mol. The summed E-state index contributed by atoms with van der Waals surface area (Å²) >= 11 is 5.91. The second kappa shape index (κ2) is 5.70. The van der Waals surface area contributed by atoms with Crippen molar-refractivity contribution in [2.24, 2.45) is 0 Å². The van der Waals surface area contributed by atoms with Gasteiger partial charge in [-0.2, -0.15) is 4.98 Å². The maximum absolute atomic E-state index is 10.9. The molecular formula is C12H11ClN4O3. The lowest BCUT2D eigenvalue weighted by Gasteiger charge is -2.07. The number of benzene rings is 1. The summed E-state index contributed by atoms with van der Waals surface area (Å²) in [6.07, 6.45) is 1.09. The number of nitrogens with zero attached hydrogens (tertiary/aromatic N) is 3. The molecule has 0 aliphatic rings. The Bertz CT molecular complexity index is 663. The van der Waals surface area contributed by atoms with Crippen LogP contribution in [0.15, 0.2) is 24.4 Å². The molecule has 7 nitrogen and oxygen atoms in total. The molecule has 1 heterocycles. The Labute approximate surface area is 119 Å². The van der Waals surface area contributed by atoms with Crippen LogP contribution in [0, 0.1) is 17.0 Å². The maximum Gasteiger partial charge on any atom is 0.349 e. The molecule has 0 unspecified atom stereocenters. The minimum Gasteiger partial charge on any atom is -0.434 e. The number of rotatable bonds is 4. The van der Waals surface area contributed by atoms with Crippen molar-refractivity contribution in [2.75, 3.05) is 12.4 Å². The second-order valence-electron chi connectivity index (χ2n) is 3.90. The second-order valence-corrected chi connectivity index (χ2v) is 4.31. The standard InChI is InChI=1S/C12H11ClN4O3/c1-7-5-8(3-4-9(7)13)20-11-10(17(18)19)6-15-12(14-2)16-11/h3-6H,1-2H3,(H,14,15,16). The average Bonchev–Trinajstić information content (AvgIpc) is 2.42. The number of aryl methyl sites for hydroxylation is 1. The molecule has 1 aromatic heterocycles. The molecule has 1 aromatic carbocycles. The first-order chi connectivity index (χ1) is 9.51. The summed E-state index contributed by atoms with van der Waals surface area (Å²) in [7, 11) is 1.61. The number of nitrogens with one attached hydrogen (secondary N) is 1. The fraction of sp³-hybridized carbons (Fsp3) is 0.167. The van der Waals surface area contributed by atoms with E-state index in [1.54, 1.807) is 25.2 Å². The van der Waals surface area contributed by atoms with Crippen LogP contribution in [0.3, 0.4) is 0 Å². The highest BCUT2D eigenvalue weighted by Gasteiger charge is 2.19. The first-order valence-electron chi connectivity index (χ1n) is 5.64. The molecule has 0 fully saturated rings. The van der Waals surface area contributed by atoms with Gasteiger partial charge in [-0.05, 0) is 30.7 Å². The molecule has 0 spiro atoms. The molecule has 2 rings (SSSR count). The molecule has 0 aliphatic heterocycles. The average molecular weight is 295 g/mol. The van der Waals surface area contributed by atoms with Gasteiger partial charge in [-0.25, -0.2) is 4.98 Å². The normalized spacial score (nSPS) is 10.2. The van der Waals surface area contributed by atoms with Crippen molar-refractivity contribution in [1.82, 2.24) is 9.97 Å². The third kappa shape index (κ3) is 2.94. The highest BCUT2D eigenvalue weighted by molar-refractivity contribution is 6.31. The van der Waals surface area contributed by atoms with Gasteiger partial charge in [-0.1, -0.05) is 11.6 Å². The molecule has 104 valence electrons. The summed E-state index contributed by atoms with van der Waals surface area (Å²) in [6, 6.07) is 4.94. The summed E-state index contributed by atoms with van der Waals surface area (Å²) in [6.45, 7) is 1.81. The van der Waals surface area contributed by atoms with Gasteiger partial charge in [0.1, 0.15) is 11.9 Å². The largest absolute Gasteiger partial charge is 0.434 e. The van der Waals surface area contributed by atoms with E-state index in [0.29, 0.717) is 10.8 Å². The van der Waals surface area contributed by atoms with Crippen molar-refractivity contribution in [3.05, 3.63) is 45.1 Å². The van der Waals surface area contributed by atoms with Gasteiger partial charge in [-0.15, -0.1) is 0 Å². The van der Waals surface area contributed by atoms with Crippen LogP contribution in [0.4, 0.5) is 11.6 Å². The smallest absolute Gasteiger partial charge is 0.349 e. The lowest BCUT2D eigenvalue weighted by Crippen LogP contribution is -2.02. The van der Waals surface area contributed by atoms with Crippen molar-refractivity contribution in [2.45, 2.75) is 6.92 Å². The highest BCUT2D eigenvalue weighted by atomic mass is 35.5. The van der Waals surface area contributed by atoms with E-state index < -0.39 is 4.92 Å². The van der Waals surface area contributed by atoms with E-state index >= 15 is 0 Å². The molecule has 0 atom stereocenters. The minimum absolute atomic E-state index is 0.129. The fourth-order valence-electron chi connectivity index (χ4n) is 1.47. The van der Waals surface area contributed by atoms with Crippen LogP contribution in [0.2, 0.25) is 5.02 Å². The van der Waals surface area contributed by atoms with Crippen LogP contribution in [0.25, 0.3) is 0 Å². The highest BCUT2D eigenvalue weighted by Crippen LogP contribution is 2.31. The van der Waals surface area contributed by atoms with Crippen molar-refractivity contribution >= 4 is 23.2 Å². The van der Waals surface area contributed by atoms with E-state index in [0.717, 1.165) is 11.8 Å². The van der Waals surface area contributed by atoms with Crippen LogP contribution in [0.1, 0.15) is 5.56 Å². The topological polar surface area (TPSA) is 90.2 Å². The Balaban J connectivity index is 2.40. The number of aromatic nitrogens is 2. The van der Waals surface area contributed by atoms with Crippen LogP contribution in [0.5, 0.6) is 11.6 Å². The van der Waals surface area contributed by atoms with Crippen molar-refractivity contribution in [1.29, 1.82) is 0 Å². The van der Waals surface area contributed by atoms with Crippen molar-refractivity contribution < 1.29 is 9.66 Å². The lowest BCUT2D eigenvalue weighted by atomic mass is 10.2. The first-order valence-corrected chi connectivity index (χ1v) is 6.02. The third-order valence-electron chi connectivity index (χ3n) is 2.50. The molecule has 2 aromatic rings. The summed E-state index contributed by atoms with van der Waals surface area (Å²) in [5, 5.41) is 14.2. The molecule has 1 N–H and O–H groups in total. The van der Waals surface area contributed by atoms with E-state index in [9.17, 15) is 10.1 Å². The van der Waals surface area contributed by atoms with Gasteiger partial charge in [0.25, 0.3) is 0 Å². The Morgan fingerprint density at radius 1 is 1.45 bits per heavy atom. The molecule has 0 bridgehead atoms. The molecule has 0 amide bonds. The third-order valence-corrected chi connectivity index (χ3v) is 2.92. The Morgan fingerprint density at radius 2 is 2.20 bits per heavy atom. The molecule has 0 aliphatic carbocycles. The van der Waals surface area contributed by atoms with Crippen molar-refractivity contribution in [3.8, 4) is 11.6 Å². The number of ether oxygens (including phenoxy) is 1. The van der Waals surface area contributed by atoms with Crippen LogP contribution in [-0.2, 0) is 0 Å². The Hall–Kier alpha value is -2.41. The van der Waals surface area contributed by atoms with Gasteiger partial charge in [0.2, 0.25) is 5.95 Å². The Kier molecular flexibility index (Phi) is 3.99. The van der Waals surface area contributed by atoms with E-state index in [4.69, 9.17) is 16.3 Å². The van der Waals surface area contributed by atoms with E-state index in [1.165, 1.54) is 0 Å². The van der Waals surface area contributed by atoms with Crippen molar-refractivity contribution in [3.63, 3.8) is 0 Å². The molecule has 20 heavy (non-hydrogen) atoms. The lowest BCUT2D eigenvalue weighted by molar-refractivity contribution is -0.386. The quantitative estimate of drug-likeness (QED) is 0.688. The van der Waals surface area contributed by atoms with Gasteiger partial charge in [0.05, 0.1) is 4.92 Å². The van der Waals surface area contributed by atoms with Crippen LogP contribution < -0.4 is 10.1 Å². The van der Waals surface area contributed by atoms with E-state index in [1.807, 2.05) is 6.92 Å². The monoisotopic (exact) mass is 294 g/mol. The maximum atomic E-state index is 10.9. The fourth-order valence-corrected chi connectivity index (χ4v) is 1.59. The minimum atomic E-state index is -0.600. The number of hydrogen-bond donors (Lipinski definition) is 1. The Morgan fingerprint density at radius 3 is 2.80 bits per heavy atom. The predicted octanol–water partition coefficient (Wildman–Crippen LogP) is 3.18. The van der Waals surface area contributed by atoms with Crippen LogP contribution >= 0.6 is 11.6 Å². The number of nitro groups is 1. The van der Waals surface area contributed by atoms with Gasteiger partial charge >= 0.3 is 11.6 Å². The number of anilines is 1. The van der Waals surface area contributed by atoms with E-state index in [-0.39, 0.29) is 17.5 Å². The van der Waals surface area contributed by atoms with Gasteiger partial charge in [0.15, 0.2) is 0 Å². The summed E-state index contributed by atoms with van der Waals surface area (Å²) in [5.41, 5.74) is 0.492. The zero-order valence-corrected chi connectivity index (χ0v) is 11.5. The molecule has 0 saturated carbocycles. The number of hydrogen-bond acceptors (Lipinski definition) is 6. The van der Waals surface area contributed by atoms with Gasteiger partial charge in [-0.3, -0.25) is 10.1 Å². The summed E-state index contributed by atoms with van der Waals surface area (Å²) in [5.74, 6) is 0.517. The zero-order chi connectivity index (χ0) is 14.7. The predicted molar refractivity (Wildman–Crippen MR) is 74.5 cm³/mol. The molecule has 0 saturated heterocycles. The summed E-state index contributed by atoms with van der Waals surface area (Å²) < 4.78 is 5.46. The first kappa shape index (κ1) is 14.0. The van der Waals surface area contributed by atoms with Gasteiger partial charge in [0, 0.05) is 12.1 Å². The van der Waals surface area contributed by atoms with Gasteiger partial charge < -0.3 is 10.1 Å². The molecule has 8 heteroatoms.